The van der Waals surface area contributed by atoms with Gasteiger partial charge >= 0.3 is 0 Å². The highest BCUT2D eigenvalue weighted by atomic mass is 14.9. The molecular formula is C17H33N. The van der Waals surface area contributed by atoms with Crippen molar-refractivity contribution >= 4 is 0 Å². The molecule has 4 atom stereocenters. The molecule has 2 bridgehead atoms. The summed E-state index contributed by atoms with van der Waals surface area (Å²) in [5.41, 5.74) is 0. The smallest absolute Gasteiger partial charge is 0.00950 e. The van der Waals surface area contributed by atoms with Crippen LogP contribution in [0.2, 0.25) is 0 Å². The fraction of sp³-hybridized carbons (Fsp3) is 1.00. The van der Waals surface area contributed by atoms with Crippen LogP contribution in [0, 0.1) is 23.7 Å². The van der Waals surface area contributed by atoms with Gasteiger partial charge in [0, 0.05) is 6.04 Å². The Kier molecular flexibility index (Phi) is 5.54. The summed E-state index contributed by atoms with van der Waals surface area (Å²) in [6, 6.07) is 0.786. The minimum absolute atomic E-state index is 0.786. The van der Waals surface area contributed by atoms with Gasteiger partial charge in [-0.15, -0.1) is 0 Å². The molecule has 4 unspecified atom stereocenters. The van der Waals surface area contributed by atoms with Crippen LogP contribution in [0.1, 0.15) is 71.6 Å². The zero-order chi connectivity index (χ0) is 13.0. The molecule has 2 aliphatic rings. The van der Waals surface area contributed by atoms with Crippen LogP contribution in [0.4, 0.5) is 0 Å². The zero-order valence-corrected chi connectivity index (χ0v) is 12.8. The summed E-state index contributed by atoms with van der Waals surface area (Å²) in [4.78, 5) is 0. The van der Waals surface area contributed by atoms with Crippen molar-refractivity contribution in [1.29, 1.82) is 0 Å². The normalized spacial score (nSPS) is 32.3. The molecule has 0 amide bonds. The molecular weight excluding hydrogens is 218 g/mol. The molecule has 1 heteroatoms. The van der Waals surface area contributed by atoms with Gasteiger partial charge in [-0.05, 0) is 69.2 Å². The molecule has 1 nitrogen and oxygen atoms in total. The SMILES string of the molecule is CCCC(CCC)C(CC1CC2CCC1C2)NC. The first-order valence-electron chi connectivity index (χ1n) is 8.45. The van der Waals surface area contributed by atoms with Crippen molar-refractivity contribution in [3.05, 3.63) is 0 Å². The Labute approximate surface area is 114 Å². The second kappa shape index (κ2) is 6.93. The van der Waals surface area contributed by atoms with Gasteiger partial charge in [0.2, 0.25) is 0 Å². The topological polar surface area (TPSA) is 12.0 Å². The predicted molar refractivity (Wildman–Crippen MR) is 79.7 cm³/mol. The molecule has 0 heterocycles. The lowest BCUT2D eigenvalue weighted by atomic mass is 9.79. The minimum Gasteiger partial charge on any atom is -0.317 e. The Morgan fingerprint density at radius 2 is 1.78 bits per heavy atom. The van der Waals surface area contributed by atoms with Crippen LogP contribution >= 0.6 is 0 Å². The monoisotopic (exact) mass is 251 g/mol. The van der Waals surface area contributed by atoms with Crippen molar-refractivity contribution in [2.45, 2.75) is 77.7 Å². The molecule has 0 radical (unpaired) electrons. The molecule has 18 heavy (non-hydrogen) atoms. The number of hydrogen-bond donors (Lipinski definition) is 1. The third-order valence-corrected chi connectivity index (χ3v) is 5.70. The summed E-state index contributed by atoms with van der Waals surface area (Å²) in [6.45, 7) is 4.68. The van der Waals surface area contributed by atoms with Crippen molar-refractivity contribution in [2.24, 2.45) is 23.7 Å². The molecule has 2 saturated carbocycles. The Balaban J connectivity index is 1.86. The van der Waals surface area contributed by atoms with Gasteiger partial charge in [-0.3, -0.25) is 0 Å². The number of rotatable bonds is 8. The summed E-state index contributed by atoms with van der Waals surface area (Å²) in [7, 11) is 2.19. The quantitative estimate of drug-likeness (QED) is 0.664. The lowest BCUT2D eigenvalue weighted by Crippen LogP contribution is -2.36. The highest BCUT2D eigenvalue weighted by Crippen LogP contribution is 2.50. The van der Waals surface area contributed by atoms with Crippen LogP contribution in [0.25, 0.3) is 0 Å². The lowest BCUT2D eigenvalue weighted by molar-refractivity contribution is 0.227. The summed E-state index contributed by atoms with van der Waals surface area (Å²) >= 11 is 0. The summed E-state index contributed by atoms with van der Waals surface area (Å²) in [5, 5.41) is 3.66. The van der Waals surface area contributed by atoms with Gasteiger partial charge in [-0.1, -0.05) is 33.1 Å². The van der Waals surface area contributed by atoms with E-state index in [2.05, 4.69) is 26.2 Å². The van der Waals surface area contributed by atoms with Crippen LogP contribution in [0.5, 0.6) is 0 Å². The van der Waals surface area contributed by atoms with Crippen LogP contribution in [0.15, 0.2) is 0 Å². The van der Waals surface area contributed by atoms with Crippen molar-refractivity contribution < 1.29 is 0 Å². The second-order valence-corrected chi connectivity index (χ2v) is 6.90. The van der Waals surface area contributed by atoms with E-state index < -0.39 is 0 Å². The van der Waals surface area contributed by atoms with E-state index in [0.29, 0.717) is 0 Å². The Bertz CT molecular complexity index is 232. The molecule has 0 aromatic heterocycles. The predicted octanol–water partition coefficient (Wildman–Crippen LogP) is 4.62. The van der Waals surface area contributed by atoms with Crippen molar-refractivity contribution in [1.82, 2.24) is 5.32 Å². The standard InChI is InChI=1S/C17H33N/c1-4-6-14(7-5-2)17(18-3)12-16-11-13-8-9-15(16)10-13/h13-18H,4-12H2,1-3H3. The first kappa shape index (κ1) is 14.4. The van der Waals surface area contributed by atoms with Gasteiger partial charge in [0.25, 0.3) is 0 Å². The molecule has 0 aromatic rings. The maximum Gasteiger partial charge on any atom is 0.00950 e. The number of nitrogens with one attached hydrogen (secondary N) is 1. The summed E-state index contributed by atoms with van der Waals surface area (Å²) < 4.78 is 0. The van der Waals surface area contributed by atoms with Gasteiger partial charge in [-0.25, -0.2) is 0 Å². The first-order chi connectivity index (χ1) is 8.78. The molecule has 0 aliphatic heterocycles. The number of hydrogen-bond acceptors (Lipinski definition) is 1. The van der Waals surface area contributed by atoms with Crippen LogP contribution in [-0.4, -0.2) is 13.1 Å². The Hall–Kier alpha value is -0.0400. The molecule has 2 fully saturated rings. The molecule has 2 aliphatic carbocycles. The average Bonchev–Trinajstić information content (AvgIpc) is 2.98. The zero-order valence-electron chi connectivity index (χ0n) is 12.8. The molecule has 106 valence electrons. The van der Waals surface area contributed by atoms with E-state index in [1.54, 1.807) is 19.3 Å². The lowest BCUT2D eigenvalue weighted by Gasteiger charge is -2.32. The highest BCUT2D eigenvalue weighted by molar-refractivity contribution is 4.92. The van der Waals surface area contributed by atoms with Crippen molar-refractivity contribution in [3.8, 4) is 0 Å². The van der Waals surface area contributed by atoms with E-state index in [9.17, 15) is 0 Å². The maximum absolute atomic E-state index is 3.66. The first-order valence-corrected chi connectivity index (χ1v) is 8.45. The largest absolute Gasteiger partial charge is 0.317 e. The summed E-state index contributed by atoms with van der Waals surface area (Å²) in [6.07, 6.45) is 13.2. The fourth-order valence-electron chi connectivity index (χ4n) is 4.83. The van der Waals surface area contributed by atoms with E-state index in [1.165, 1.54) is 38.5 Å². The van der Waals surface area contributed by atoms with E-state index in [0.717, 1.165) is 29.7 Å². The van der Waals surface area contributed by atoms with Crippen molar-refractivity contribution in [2.75, 3.05) is 7.05 Å². The van der Waals surface area contributed by atoms with Crippen LogP contribution in [-0.2, 0) is 0 Å². The Morgan fingerprint density at radius 1 is 1.06 bits per heavy atom. The summed E-state index contributed by atoms with van der Waals surface area (Å²) in [5.74, 6) is 4.17. The van der Waals surface area contributed by atoms with E-state index in [-0.39, 0.29) is 0 Å². The van der Waals surface area contributed by atoms with E-state index >= 15 is 0 Å². The van der Waals surface area contributed by atoms with Crippen LogP contribution < -0.4 is 5.32 Å². The highest BCUT2D eigenvalue weighted by Gasteiger charge is 2.40. The Morgan fingerprint density at radius 3 is 2.22 bits per heavy atom. The molecule has 1 N–H and O–H groups in total. The van der Waals surface area contributed by atoms with Crippen LogP contribution in [0.3, 0.4) is 0 Å². The number of fused-ring (bicyclic) bond motifs is 2. The van der Waals surface area contributed by atoms with Crippen molar-refractivity contribution in [3.63, 3.8) is 0 Å². The minimum atomic E-state index is 0.786. The molecule has 0 aromatic carbocycles. The molecule has 2 rings (SSSR count). The van der Waals surface area contributed by atoms with Gasteiger partial charge in [0.1, 0.15) is 0 Å². The maximum atomic E-state index is 3.66. The van der Waals surface area contributed by atoms with E-state index in [4.69, 9.17) is 0 Å². The third-order valence-electron chi connectivity index (χ3n) is 5.70. The molecule has 0 spiro atoms. The van der Waals surface area contributed by atoms with Gasteiger partial charge in [-0.2, -0.15) is 0 Å². The average molecular weight is 251 g/mol. The second-order valence-electron chi connectivity index (χ2n) is 6.90. The van der Waals surface area contributed by atoms with E-state index in [1.807, 2.05) is 0 Å². The fourth-order valence-corrected chi connectivity index (χ4v) is 4.83. The van der Waals surface area contributed by atoms with Gasteiger partial charge in [0.15, 0.2) is 0 Å². The third kappa shape index (κ3) is 3.29. The van der Waals surface area contributed by atoms with Gasteiger partial charge < -0.3 is 5.32 Å². The molecule has 0 saturated heterocycles. The van der Waals surface area contributed by atoms with Gasteiger partial charge in [0.05, 0.1) is 0 Å².